The van der Waals surface area contributed by atoms with Crippen LogP contribution in [0.15, 0.2) is 24.3 Å². The van der Waals surface area contributed by atoms with E-state index in [2.05, 4.69) is 13.8 Å². The lowest BCUT2D eigenvalue weighted by Gasteiger charge is -2.29. The monoisotopic (exact) mass is 368 g/mol. The molecule has 4 rings (SSSR count). The SMILES string of the molecule is CCCc1ccc2c(c1F)Cc1c-2ccc(C2CCC(CCC)CC2)c1F. The molecule has 2 heteroatoms. The van der Waals surface area contributed by atoms with Crippen LogP contribution in [-0.4, -0.2) is 0 Å². The largest absolute Gasteiger partial charge is 0.206 e. The number of aryl methyl sites for hydroxylation is 1. The van der Waals surface area contributed by atoms with Crippen molar-refractivity contribution in [1.29, 1.82) is 0 Å². The maximum atomic E-state index is 15.4. The normalized spacial score (nSPS) is 21.2. The Morgan fingerprint density at radius 1 is 0.815 bits per heavy atom. The van der Waals surface area contributed by atoms with Gasteiger partial charge in [-0.2, -0.15) is 0 Å². The zero-order valence-electron chi connectivity index (χ0n) is 16.6. The first-order chi connectivity index (χ1) is 13.1. The van der Waals surface area contributed by atoms with E-state index in [-0.39, 0.29) is 11.6 Å². The summed E-state index contributed by atoms with van der Waals surface area (Å²) in [5.74, 6) is 0.956. The molecule has 2 aromatic rings. The van der Waals surface area contributed by atoms with Crippen LogP contribution in [0, 0.1) is 17.6 Å². The van der Waals surface area contributed by atoms with Crippen molar-refractivity contribution in [2.45, 2.75) is 77.6 Å². The van der Waals surface area contributed by atoms with Crippen LogP contribution in [0.25, 0.3) is 11.1 Å². The van der Waals surface area contributed by atoms with Crippen molar-refractivity contribution in [2.75, 3.05) is 0 Å². The lowest BCUT2D eigenvalue weighted by Crippen LogP contribution is -2.14. The molecular formula is C25H30F2. The van der Waals surface area contributed by atoms with Crippen molar-refractivity contribution in [2.24, 2.45) is 5.92 Å². The summed E-state index contributed by atoms with van der Waals surface area (Å²) in [6, 6.07) is 7.89. The van der Waals surface area contributed by atoms with Gasteiger partial charge in [0.1, 0.15) is 11.6 Å². The van der Waals surface area contributed by atoms with E-state index in [9.17, 15) is 4.39 Å². The number of hydrogen-bond donors (Lipinski definition) is 0. The maximum absolute atomic E-state index is 15.4. The fourth-order valence-corrected chi connectivity index (χ4v) is 5.28. The molecule has 0 amide bonds. The molecule has 0 aliphatic heterocycles. The summed E-state index contributed by atoms with van der Waals surface area (Å²) in [5.41, 5.74) is 4.82. The van der Waals surface area contributed by atoms with E-state index in [0.29, 0.717) is 23.5 Å². The Kier molecular flexibility index (Phi) is 5.34. The Bertz CT molecular complexity index is 829. The number of fused-ring (bicyclic) bond motifs is 3. The molecule has 27 heavy (non-hydrogen) atoms. The zero-order chi connectivity index (χ0) is 19.0. The van der Waals surface area contributed by atoms with E-state index in [1.807, 2.05) is 24.3 Å². The quantitative estimate of drug-likeness (QED) is 0.436. The molecule has 0 nitrogen and oxygen atoms in total. The Hall–Kier alpha value is -1.70. The average molecular weight is 369 g/mol. The summed E-state index contributed by atoms with van der Waals surface area (Å²) in [5, 5.41) is 0. The lowest BCUT2D eigenvalue weighted by molar-refractivity contribution is 0.304. The zero-order valence-corrected chi connectivity index (χ0v) is 16.6. The highest BCUT2D eigenvalue weighted by Gasteiger charge is 2.30. The first-order valence-electron chi connectivity index (χ1n) is 10.8. The third-order valence-electron chi connectivity index (χ3n) is 6.74. The third kappa shape index (κ3) is 3.32. The molecule has 0 heterocycles. The first kappa shape index (κ1) is 18.7. The topological polar surface area (TPSA) is 0 Å². The molecule has 144 valence electrons. The molecule has 2 aliphatic rings. The van der Waals surface area contributed by atoms with Gasteiger partial charge in [-0.1, -0.05) is 57.4 Å². The van der Waals surface area contributed by atoms with Gasteiger partial charge < -0.3 is 0 Å². The molecule has 2 aromatic carbocycles. The highest BCUT2D eigenvalue weighted by Crippen LogP contribution is 2.44. The van der Waals surface area contributed by atoms with E-state index in [4.69, 9.17) is 0 Å². The van der Waals surface area contributed by atoms with Crippen molar-refractivity contribution in [3.05, 3.63) is 58.2 Å². The molecule has 0 bridgehead atoms. The summed E-state index contributed by atoms with van der Waals surface area (Å²) >= 11 is 0. The maximum Gasteiger partial charge on any atom is 0.130 e. The Morgan fingerprint density at radius 3 is 2.15 bits per heavy atom. The van der Waals surface area contributed by atoms with Crippen LogP contribution in [0.4, 0.5) is 8.78 Å². The summed E-state index contributed by atoms with van der Waals surface area (Å²) in [6.07, 6.45) is 9.20. The predicted octanol–water partition coefficient (Wildman–Crippen LogP) is 7.56. The fraction of sp³-hybridized carbons (Fsp3) is 0.520. The van der Waals surface area contributed by atoms with E-state index in [1.165, 1.54) is 25.7 Å². The van der Waals surface area contributed by atoms with Gasteiger partial charge in [0.15, 0.2) is 0 Å². The summed E-state index contributed by atoms with van der Waals surface area (Å²) in [4.78, 5) is 0. The van der Waals surface area contributed by atoms with E-state index >= 15 is 4.39 Å². The van der Waals surface area contributed by atoms with Crippen molar-refractivity contribution >= 4 is 0 Å². The minimum Gasteiger partial charge on any atom is -0.206 e. The molecule has 0 spiro atoms. The van der Waals surface area contributed by atoms with Crippen LogP contribution in [0.1, 0.15) is 87.0 Å². The molecule has 0 radical (unpaired) electrons. The van der Waals surface area contributed by atoms with Crippen LogP contribution in [0.5, 0.6) is 0 Å². The minimum absolute atomic E-state index is 0.0703. The predicted molar refractivity (Wildman–Crippen MR) is 108 cm³/mol. The van der Waals surface area contributed by atoms with Gasteiger partial charge in [0.2, 0.25) is 0 Å². The van der Waals surface area contributed by atoms with Crippen LogP contribution >= 0.6 is 0 Å². The Balaban J connectivity index is 1.61. The summed E-state index contributed by atoms with van der Waals surface area (Å²) in [7, 11) is 0. The van der Waals surface area contributed by atoms with Crippen molar-refractivity contribution in [1.82, 2.24) is 0 Å². The van der Waals surface area contributed by atoms with Crippen LogP contribution in [-0.2, 0) is 12.8 Å². The Labute approximate surface area is 162 Å². The third-order valence-corrected chi connectivity index (χ3v) is 6.74. The molecule has 2 aliphatic carbocycles. The van der Waals surface area contributed by atoms with Crippen LogP contribution in [0.2, 0.25) is 0 Å². The molecule has 1 saturated carbocycles. The molecule has 0 aromatic heterocycles. The molecule has 0 atom stereocenters. The first-order valence-corrected chi connectivity index (χ1v) is 10.8. The molecule has 0 saturated heterocycles. The molecule has 1 fully saturated rings. The summed E-state index contributed by atoms with van der Waals surface area (Å²) in [6.45, 7) is 4.30. The van der Waals surface area contributed by atoms with E-state index < -0.39 is 0 Å². The number of hydrogen-bond acceptors (Lipinski definition) is 0. The number of rotatable bonds is 5. The van der Waals surface area contributed by atoms with Gasteiger partial charge in [-0.25, -0.2) is 8.78 Å². The highest BCUT2D eigenvalue weighted by molar-refractivity contribution is 5.78. The van der Waals surface area contributed by atoms with Gasteiger partial charge in [-0.05, 0) is 66.2 Å². The lowest BCUT2D eigenvalue weighted by atomic mass is 9.76. The second-order valence-corrected chi connectivity index (χ2v) is 8.49. The van der Waals surface area contributed by atoms with Gasteiger partial charge in [0.05, 0.1) is 0 Å². The highest BCUT2D eigenvalue weighted by atomic mass is 19.1. The molecule has 0 unspecified atom stereocenters. The van der Waals surface area contributed by atoms with Crippen molar-refractivity contribution in [3.8, 4) is 11.1 Å². The Morgan fingerprint density at radius 2 is 1.48 bits per heavy atom. The second-order valence-electron chi connectivity index (χ2n) is 8.49. The average Bonchev–Trinajstić information content (AvgIpc) is 3.06. The fourth-order valence-electron chi connectivity index (χ4n) is 5.28. The van der Waals surface area contributed by atoms with Crippen LogP contribution in [0.3, 0.4) is 0 Å². The molecular weight excluding hydrogens is 338 g/mol. The smallest absolute Gasteiger partial charge is 0.130 e. The standard InChI is InChI=1S/C25H30F2/c1-3-5-16-7-9-17(10-8-16)19-13-14-21-20-12-11-18(6-4-2)24(26)22(20)15-23(21)25(19)27/h11-14,16-17H,3-10,15H2,1-2H3. The molecule has 0 N–H and O–H groups in total. The minimum atomic E-state index is -0.119. The second kappa shape index (κ2) is 7.73. The summed E-state index contributed by atoms with van der Waals surface area (Å²) < 4.78 is 30.3. The number of benzene rings is 2. The van der Waals surface area contributed by atoms with Gasteiger partial charge in [0.25, 0.3) is 0 Å². The van der Waals surface area contributed by atoms with Gasteiger partial charge >= 0.3 is 0 Å². The van der Waals surface area contributed by atoms with Crippen molar-refractivity contribution in [3.63, 3.8) is 0 Å². The number of halogens is 2. The van der Waals surface area contributed by atoms with E-state index in [0.717, 1.165) is 53.9 Å². The van der Waals surface area contributed by atoms with Crippen LogP contribution < -0.4 is 0 Å². The van der Waals surface area contributed by atoms with Crippen molar-refractivity contribution < 1.29 is 8.78 Å². The van der Waals surface area contributed by atoms with E-state index in [1.54, 1.807) is 0 Å². The van der Waals surface area contributed by atoms with Gasteiger partial charge in [0, 0.05) is 17.5 Å². The van der Waals surface area contributed by atoms with Gasteiger partial charge in [-0.3, -0.25) is 0 Å². The van der Waals surface area contributed by atoms with Gasteiger partial charge in [-0.15, -0.1) is 0 Å².